The Bertz CT molecular complexity index is 2070. The monoisotopic (exact) mass is 672 g/mol. The van der Waals surface area contributed by atoms with Crippen molar-refractivity contribution in [1.82, 2.24) is 25.0 Å². The van der Waals surface area contributed by atoms with Gasteiger partial charge in [-0.05, 0) is 44.5 Å². The van der Waals surface area contributed by atoms with Crippen LogP contribution in [0.3, 0.4) is 0 Å². The van der Waals surface area contributed by atoms with Crippen molar-refractivity contribution in [2.45, 2.75) is 45.2 Å². The number of thiophene rings is 1. The predicted octanol–water partition coefficient (Wildman–Crippen LogP) is 4.25. The van der Waals surface area contributed by atoms with Crippen LogP contribution in [0.1, 0.15) is 74.4 Å². The van der Waals surface area contributed by atoms with Crippen LogP contribution in [0, 0.1) is 13.8 Å². The molecular formula is C32H25ClN6O7S. The number of nitrogens with one attached hydrogen (secondary N) is 1. The number of aryl methyl sites for hydroxylation is 1. The van der Waals surface area contributed by atoms with Crippen LogP contribution in [-0.2, 0) is 19.1 Å². The van der Waals surface area contributed by atoms with E-state index in [0.29, 0.717) is 43.6 Å². The number of hydrogen-bond donors (Lipinski definition) is 1. The number of halogens is 1. The summed E-state index contributed by atoms with van der Waals surface area (Å²) in [5, 5.41) is 12.5. The number of hydrogen-bond acceptors (Lipinski definition) is 11. The summed E-state index contributed by atoms with van der Waals surface area (Å²) >= 11 is 7.47. The molecule has 0 bridgehead atoms. The van der Waals surface area contributed by atoms with E-state index in [9.17, 15) is 24.0 Å². The average Bonchev–Trinajstić information content (AvgIpc) is 3.63. The normalized spacial score (nSPS) is 18.6. The zero-order valence-electron chi connectivity index (χ0n) is 25.2. The fourth-order valence-electron chi connectivity index (χ4n) is 6.01. The Morgan fingerprint density at radius 3 is 2.53 bits per heavy atom. The number of rotatable bonds is 6. The number of carbonyl (C=O) groups is 5. The molecule has 1 unspecified atom stereocenters. The minimum atomic E-state index is -1.11. The minimum Gasteiger partial charge on any atom is -0.469 e. The van der Waals surface area contributed by atoms with Crippen molar-refractivity contribution < 1.29 is 33.4 Å². The van der Waals surface area contributed by atoms with E-state index in [1.807, 2.05) is 23.6 Å². The average molecular weight is 673 g/mol. The molecule has 3 aliphatic heterocycles. The molecule has 13 nitrogen and oxygen atoms in total. The molecule has 4 aromatic rings. The Morgan fingerprint density at radius 1 is 1.04 bits per heavy atom. The number of nitrogens with zero attached hydrogens (tertiary/aromatic N) is 5. The van der Waals surface area contributed by atoms with Gasteiger partial charge in [-0.3, -0.25) is 43.7 Å². The Hall–Kier alpha value is -5.21. The van der Waals surface area contributed by atoms with Crippen LogP contribution >= 0.6 is 22.9 Å². The number of aromatic nitrogens is 3. The van der Waals surface area contributed by atoms with Gasteiger partial charge in [-0.2, -0.15) is 0 Å². The van der Waals surface area contributed by atoms with Crippen LogP contribution in [0.25, 0.3) is 5.00 Å². The van der Waals surface area contributed by atoms with Gasteiger partial charge in [0.05, 0.1) is 30.4 Å². The van der Waals surface area contributed by atoms with Crippen molar-refractivity contribution >= 4 is 58.2 Å². The summed E-state index contributed by atoms with van der Waals surface area (Å²) in [6, 6.07) is 10.0. The van der Waals surface area contributed by atoms with Crippen molar-refractivity contribution in [3.8, 4) is 15.8 Å². The van der Waals surface area contributed by atoms with Crippen LogP contribution in [0.5, 0.6) is 10.8 Å². The molecule has 0 spiro atoms. The number of fused-ring (bicyclic) bond motifs is 4. The molecular weight excluding hydrogens is 648 g/mol. The molecule has 0 radical (unpaired) electrons. The third kappa shape index (κ3) is 5.00. The zero-order valence-corrected chi connectivity index (χ0v) is 26.8. The predicted molar refractivity (Wildman–Crippen MR) is 168 cm³/mol. The van der Waals surface area contributed by atoms with Crippen molar-refractivity contribution in [3.63, 3.8) is 0 Å². The molecule has 0 aliphatic carbocycles. The first kappa shape index (κ1) is 30.4. The van der Waals surface area contributed by atoms with Gasteiger partial charge >= 0.3 is 5.97 Å². The van der Waals surface area contributed by atoms with Gasteiger partial charge in [-0.15, -0.1) is 10.2 Å². The lowest BCUT2D eigenvalue weighted by Gasteiger charge is -2.27. The molecule has 238 valence electrons. The fraction of sp³-hybridized carbons (Fsp3) is 0.250. The standard InChI is InChI=1S/C32H25ClN6O7S/c1-14-24-26(16-7-9-17(33)10-8-16)34-19(13-23(41)45-3)27-37-36-15(2)38(27)31(24)47-32(14)46-21-6-4-5-18-25(21)30(44)39(29(18)43)20-11-12-22(40)35-28(20)42/h4-10,19-20H,11-13H2,1-3H3,(H,35,40,42)/t19-,20?/m0/s1. The second kappa shape index (κ2) is 11.5. The summed E-state index contributed by atoms with van der Waals surface area (Å²) in [4.78, 5) is 69.8. The van der Waals surface area contributed by atoms with Crippen molar-refractivity contribution in [3.05, 3.63) is 87.0 Å². The largest absolute Gasteiger partial charge is 0.469 e. The van der Waals surface area contributed by atoms with E-state index in [2.05, 4.69) is 15.5 Å². The molecule has 15 heteroatoms. The van der Waals surface area contributed by atoms with Gasteiger partial charge in [-0.1, -0.05) is 41.1 Å². The van der Waals surface area contributed by atoms with Crippen LogP contribution < -0.4 is 10.1 Å². The molecule has 1 saturated heterocycles. The van der Waals surface area contributed by atoms with E-state index in [0.717, 1.165) is 10.5 Å². The Morgan fingerprint density at radius 2 is 1.81 bits per heavy atom. The Labute approximate surface area is 276 Å². The van der Waals surface area contributed by atoms with E-state index in [1.165, 1.54) is 24.5 Å². The molecule has 1 fully saturated rings. The van der Waals surface area contributed by atoms with Crippen molar-refractivity contribution in [1.29, 1.82) is 0 Å². The second-order valence-corrected chi connectivity index (χ2v) is 12.5. The Balaban J connectivity index is 1.34. The lowest BCUT2D eigenvalue weighted by atomic mass is 10.0. The number of imide groups is 2. The number of carbonyl (C=O) groups excluding carboxylic acids is 5. The Kier molecular flexibility index (Phi) is 7.48. The first-order valence-electron chi connectivity index (χ1n) is 14.6. The molecule has 2 aromatic heterocycles. The minimum absolute atomic E-state index is 0.00954. The van der Waals surface area contributed by atoms with Crippen LogP contribution in [0.4, 0.5) is 0 Å². The molecule has 2 aromatic carbocycles. The van der Waals surface area contributed by atoms with Gasteiger partial charge in [0.15, 0.2) is 10.9 Å². The number of esters is 1. The number of amides is 4. The third-order valence-electron chi connectivity index (χ3n) is 8.30. The number of ether oxygens (including phenoxy) is 2. The molecule has 7 rings (SSSR count). The lowest BCUT2D eigenvalue weighted by Crippen LogP contribution is -2.54. The quantitative estimate of drug-likeness (QED) is 0.233. The summed E-state index contributed by atoms with van der Waals surface area (Å²) in [5.41, 5.74) is 2.79. The summed E-state index contributed by atoms with van der Waals surface area (Å²) in [6.07, 6.45) is -0.0257. The zero-order chi connectivity index (χ0) is 33.1. The van der Waals surface area contributed by atoms with E-state index in [-0.39, 0.29) is 36.1 Å². The highest BCUT2D eigenvalue weighted by Crippen LogP contribution is 2.46. The number of piperidine rings is 1. The van der Waals surface area contributed by atoms with Crippen LogP contribution in [0.2, 0.25) is 5.02 Å². The van der Waals surface area contributed by atoms with E-state index >= 15 is 0 Å². The summed E-state index contributed by atoms with van der Waals surface area (Å²) in [7, 11) is 1.31. The maximum atomic E-state index is 13.7. The van der Waals surface area contributed by atoms with Crippen LogP contribution in [-0.4, -0.2) is 68.1 Å². The van der Waals surface area contributed by atoms with Gasteiger partial charge in [0.1, 0.15) is 28.7 Å². The maximum Gasteiger partial charge on any atom is 0.308 e. The third-order valence-corrected chi connectivity index (χ3v) is 9.70. The maximum absolute atomic E-state index is 13.7. The van der Waals surface area contributed by atoms with Gasteiger partial charge in [0.25, 0.3) is 11.8 Å². The molecule has 0 saturated carbocycles. The SMILES string of the molecule is COC(=O)C[C@@H]1N=C(c2ccc(Cl)cc2)c2c(sc(Oc3cccc4c3C(=O)N(C3CCC(=O)NC3=O)C4=O)c2C)-n2c(C)nnc21. The molecule has 4 amide bonds. The summed E-state index contributed by atoms with van der Waals surface area (Å²) in [5.74, 6) is -1.82. The van der Waals surface area contributed by atoms with Crippen LogP contribution in [0.15, 0.2) is 47.5 Å². The summed E-state index contributed by atoms with van der Waals surface area (Å²) < 4.78 is 13.2. The molecule has 5 heterocycles. The van der Waals surface area contributed by atoms with Crippen molar-refractivity contribution in [2.75, 3.05) is 7.11 Å². The topological polar surface area (TPSA) is 162 Å². The lowest BCUT2D eigenvalue weighted by molar-refractivity contribution is -0.141. The van der Waals surface area contributed by atoms with Gasteiger partial charge in [-0.25, -0.2) is 0 Å². The first-order valence-corrected chi connectivity index (χ1v) is 15.8. The fourth-order valence-corrected chi connectivity index (χ4v) is 7.37. The number of aliphatic imine (C=N–C) groups is 1. The van der Waals surface area contributed by atoms with Crippen molar-refractivity contribution in [2.24, 2.45) is 4.99 Å². The first-order chi connectivity index (χ1) is 22.6. The summed E-state index contributed by atoms with van der Waals surface area (Å²) in [6.45, 7) is 3.64. The van der Waals surface area contributed by atoms with E-state index < -0.39 is 41.7 Å². The number of benzene rings is 2. The highest BCUT2D eigenvalue weighted by atomic mass is 35.5. The smallest absolute Gasteiger partial charge is 0.308 e. The van der Waals surface area contributed by atoms with Gasteiger partial charge < -0.3 is 9.47 Å². The highest BCUT2D eigenvalue weighted by Gasteiger charge is 2.46. The molecule has 3 aliphatic rings. The number of methoxy groups -OCH3 is 1. The highest BCUT2D eigenvalue weighted by molar-refractivity contribution is 7.17. The molecule has 1 N–H and O–H groups in total. The van der Waals surface area contributed by atoms with E-state index in [1.54, 1.807) is 31.2 Å². The van der Waals surface area contributed by atoms with Gasteiger partial charge in [0.2, 0.25) is 11.8 Å². The van der Waals surface area contributed by atoms with Gasteiger partial charge in [0, 0.05) is 28.1 Å². The molecule has 2 atom stereocenters. The molecule has 47 heavy (non-hydrogen) atoms. The second-order valence-electron chi connectivity index (χ2n) is 11.1. The van der Waals surface area contributed by atoms with E-state index in [4.69, 9.17) is 26.1 Å².